The number of carbonyl (C=O) groups excluding carboxylic acids is 1. The van der Waals surface area contributed by atoms with Crippen molar-refractivity contribution in [1.29, 1.82) is 0 Å². The molecule has 0 aliphatic carbocycles. The first kappa shape index (κ1) is 42.9. The van der Waals surface area contributed by atoms with Gasteiger partial charge >= 0.3 is 0 Å². The molecule has 3 heterocycles. The van der Waals surface area contributed by atoms with Crippen LogP contribution in [0.4, 0.5) is 5.69 Å². The second-order valence-electron chi connectivity index (χ2n) is 13.6. The van der Waals surface area contributed by atoms with Crippen LogP contribution in [0.3, 0.4) is 0 Å². The Morgan fingerprint density at radius 3 is 1.77 bits per heavy atom. The van der Waals surface area contributed by atoms with E-state index in [9.17, 15) is 4.79 Å². The molecule has 7 rings (SSSR count). The largest absolute Gasteiger partial charge is 0.456 e. The molecule has 8 nitrogen and oxygen atoms in total. The van der Waals surface area contributed by atoms with Crippen LogP contribution in [0.25, 0.3) is 44.6 Å². The Hall–Kier alpha value is -4.25. The lowest BCUT2D eigenvalue weighted by Gasteiger charge is -2.38. The second-order valence-corrected chi connectivity index (χ2v) is 14.5. The molecule has 0 radical (unpaired) electrons. The van der Waals surface area contributed by atoms with Crippen molar-refractivity contribution in [3.63, 3.8) is 0 Å². The van der Waals surface area contributed by atoms with Gasteiger partial charge in [-0.05, 0) is 114 Å². The lowest BCUT2D eigenvalue weighted by Crippen LogP contribution is -2.44. The maximum Gasteiger partial charge on any atom is 0.183 e. The Balaban J connectivity index is 0.000000194. The van der Waals surface area contributed by atoms with Crippen LogP contribution >= 0.6 is 15.9 Å². The van der Waals surface area contributed by atoms with E-state index in [1.165, 1.54) is 18.5 Å². The number of rotatable bonds is 14. The third kappa shape index (κ3) is 11.4. The number of nitrogens with zero attached hydrogens (tertiary/aromatic N) is 2. The molecular weight excluding hydrogens is 766 g/mol. The summed E-state index contributed by atoms with van der Waals surface area (Å²) in [4.78, 5) is 16.0. The summed E-state index contributed by atoms with van der Waals surface area (Å²) < 4.78 is 24.3. The van der Waals surface area contributed by atoms with Crippen LogP contribution in [0, 0.1) is 0 Å². The Morgan fingerprint density at radius 2 is 1.27 bits per heavy atom. The van der Waals surface area contributed by atoms with Gasteiger partial charge in [0.2, 0.25) is 0 Å². The van der Waals surface area contributed by atoms with Gasteiger partial charge in [-0.25, -0.2) is 0 Å². The van der Waals surface area contributed by atoms with Crippen LogP contribution in [0.1, 0.15) is 76.6 Å². The van der Waals surface area contributed by atoms with Gasteiger partial charge in [0.25, 0.3) is 0 Å². The Morgan fingerprint density at radius 1 is 0.732 bits per heavy atom. The third-order valence-electron chi connectivity index (χ3n) is 10.1. The number of ether oxygens (including phenoxy) is 2. The molecule has 1 aliphatic rings. The fourth-order valence-corrected chi connectivity index (χ4v) is 7.34. The average Bonchev–Trinajstić information content (AvgIpc) is 3.87. The summed E-state index contributed by atoms with van der Waals surface area (Å²) >= 11 is 3.45. The number of nitrogens with one attached hydrogen (secondary N) is 1. The van der Waals surface area contributed by atoms with Gasteiger partial charge in [0.1, 0.15) is 29.0 Å². The van der Waals surface area contributed by atoms with Gasteiger partial charge in [0.15, 0.2) is 6.29 Å². The average molecular weight is 825 g/mol. The van der Waals surface area contributed by atoms with E-state index >= 15 is 0 Å². The number of hydrogen-bond donors (Lipinski definition) is 1. The van der Waals surface area contributed by atoms with Gasteiger partial charge in [0, 0.05) is 75.5 Å². The van der Waals surface area contributed by atoms with Crippen LogP contribution < -0.4 is 10.2 Å². The Kier molecular flexibility index (Phi) is 16.8. The monoisotopic (exact) mass is 823 g/mol. The van der Waals surface area contributed by atoms with E-state index in [1.807, 2.05) is 74.5 Å². The molecule has 1 aliphatic heterocycles. The molecule has 6 aromatic rings. The van der Waals surface area contributed by atoms with E-state index in [0.717, 1.165) is 106 Å². The molecule has 9 heteroatoms. The number of carbonyl (C=O) groups is 1. The first-order chi connectivity index (χ1) is 27.3. The molecule has 0 unspecified atom stereocenters. The highest BCUT2D eigenvalue weighted by Gasteiger charge is 2.23. The van der Waals surface area contributed by atoms with E-state index in [2.05, 4.69) is 89.1 Å². The summed E-state index contributed by atoms with van der Waals surface area (Å²) in [5, 5.41) is 5.20. The van der Waals surface area contributed by atoms with Crippen LogP contribution in [-0.2, 0) is 9.47 Å². The third-order valence-corrected chi connectivity index (χ3v) is 10.6. The molecule has 0 amide bonds. The van der Waals surface area contributed by atoms with Crippen molar-refractivity contribution < 1.29 is 23.1 Å². The highest BCUT2D eigenvalue weighted by molar-refractivity contribution is 9.10. The molecule has 1 N–H and O–H groups in total. The quantitative estimate of drug-likeness (QED) is 0.0859. The van der Waals surface area contributed by atoms with Crippen LogP contribution in [-0.4, -0.2) is 69.7 Å². The Labute approximate surface area is 341 Å². The standard InChI is InChI=1S/C24H28N2O2.C19H19BrO3.C4H11N/c1-3-25(4-2)22-11-13-26(14-12-22)21-9-7-19(8-10-21)24-16-20-6-5-18(17-27)15-23(20)28-24;1-3-21-19(22-4-2)15-6-5-14-11-17(23-18(14)12-15)13-7-9-16(20)10-8-13;1-3-5-4-2/h5-10,15-17,22H,3-4,11-14H2,1-2H3;5-12,19H,3-4H2,1-2H3;5H,3-4H2,1-2H3. The SMILES string of the molecule is CCN(CC)C1CCN(c2ccc(-c3cc4ccc(C=O)cc4o3)cc2)CC1.CCNCC.CCOC(OCC)c1ccc2cc(-c3ccc(Br)cc3)oc2c1. The van der Waals surface area contributed by atoms with Crippen LogP contribution in [0.5, 0.6) is 0 Å². The van der Waals surface area contributed by atoms with Crippen molar-refractivity contribution in [3.8, 4) is 22.6 Å². The number of anilines is 1. The molecule has 1 saturated heterocycles. The van der Waals surface area contributed by atoms with E-state index in [0.29, 0.717) is 18.8 Å². The fourth-order valence-electron chi connectivity index (χ4n) is 7.07. The molecule has 1 fully saturated rings. The number of fused-ring (bicyclic) bond motifs is 2. The van der Waals surface area contributed by atoms with Gasteiger partial charge in [-0.3, -0.25) is 4.79 Å². The molecule has 4 aromatic carbocycles. The summed E-state index contributed by atoms with van der Waals surface area (Å²) in [6, 6.07) is 33.1. The van der Waals surface area contributed by atoms with Crippen molar-refractivity contribution in [3.05, 3.63) is 113 Å². The summed E-state index contributed by atoms with van der Waals surface area (Å²) in [6.45, 7) is 20.5. The van der Waals surface area contributed by atoms with Gasteiger partial charge in [-0.15, -0.1) is 0 Å². The number of halogens is 1. The van der Waals surface area contributed by atoms with Crippen molar-refractivity contribution >= 4 is 49.8 Å². The number of furan rings is 2. The van der Waals surface area contributed by atoms with Crippen LogP contribution in [0.15, 0.2) is 110 Å². The summed E-state index contributed by atoms with van der Waals surface area (Å²) in [5.41, 5.74) is 6.59. The normalized spacial score (nSPS) is 13.2. The molecule has 56 heavy (non-hydrogen) atoms. The Bertz CT molecular complexity index is 2050. The first-order valence-electron chi connectivity index (χ1n) is 20.2. The maximum absolute atomic E-state index is 11.0. The zero-order valence-corrected chi connectivity index (χ0v) is 35.4. The fraction of sp³-hybridized carbons (Fsp3) is 0.383. The second kappa shape index (κ2) is 21.9. The summed E-state index contributed by atoms with van der Waals surface area (Å²) in [7, 11) is 0. The van der Waals surface area contributed by atoms with Gasteiger partial charge in [-0.1, -0.05) is 80.0 Å². The number of aldehydes is 1. The molecular formula is C47H58BrN3O5. The molecule has 0 spiro atoms. The lowest BCUT2D eigenvalue weighted by atomic mass is 10.0. The highest BCUT2D eigenvalue weighted by atomic mass is 79.9. The van der Waals surface area contributed by atoms with Crippen molar-refractivity contribution in [2.24, 2.45) is 0 Å². The van der Waals surface area contributed by atoms with Crippen molar-refractivity contribution in [1.82, 2.24) is 10.2 Å². The zero-order chi connectivity index (χ0) is 39.9. The molecule has 2 aromatic heterocycles. The van der Waals surface area contributed by atoms with E-state index in [4.69, 9.17) is 18.3 Å². The summed E-state index contributed by atoms with van der Waals surface area (Å²) in [6.07, 6.45) is 2.95. The van der Waals surface area contributed by atoms with E-state index < -0.39 is 0 Å². The molecule has 0 atom stereocenters. The minimum absolute atomic E-state index is 0.351. The van der Waals surface area contributed by atoms with Gasteiger partial charge in [-0.2, -0.15) is 0 Å². The molecule has 298 valence electrons. The number of piperidine rings is 1. The first-order valence-corrected chi connectivity index (χ1v) is 20.9. The molecule has 0 bridgehead atoms. The topological polar surface area (TPSA) is 80.3 Å². The summed E-state index contributed by atoms with van der Waals surface area (Å²) in [5.74, 6) is 1.69. The van der Waals surface area contributed by atoms with Crippen LogP contribution in [0.2, 0.25) is 0 Å². The van der Waals surface area contributed by atoms with Crippen molar-refractivity contribution in [2.75, 3.05) is 57.4 Å². The van der Waals surface area contributed by atoms with E-state index in [1.54, 1.807) is 6.07 Å². The van der Waals surface area contributed by atoms with Gasteiger partial charge in [0.05, 0.1) is 0 Å². The smallest absolute Gasteiger partial charge is 0.183 e. The minimum atomic E-state index is -0.351. The minimum Gasteiger partial charge on any atom is -0.456 e. The zero-order valence-electron chi connectivity index (χ0n) is 33.9. The molecule has 0 saturated carbocycles. The van der Waals surface area contributed by atoms with Gasteiger partial charge < -0.3 is 33.4 Å². The van der Waals surface area contributed by atoms with Crippen molar-refractivity contribution in [2.45, 2.75) is 66.7 Å². The number of benzene rings is 4. The maximum atomic E-state index is 11.0. The van der Waals surface area contributed by atoms with E-state index in [-0.39, 0.29) is 6.29 Å². The predicted molar refractivity (Wildman–Crippen MR) is 235 cm³/mol. The lowest BCUT2D eigenvalue weighted by molar-refractivity contribution is -0.140. The number of hydrogen-bond acceptors (Lipinski definition) is 8. The highest BCUT2D eigenvalue weighted by Crippen LogP contribution is 2.33. The predicted octanol–water partition coefficient (Wildman–Crippen LogP) is 11.8.